The molecule has 2 aromatic carbocycles. The summed E-state index contributed by atoms with van der Waals surface area (Å²) in [7, 11) is 0. The van der Waals surface area contributed by atoms with Crippen molar-refractivity contribution in [3.05, 3.63) is 69.8 Å². The van der Waals surface area contributed by atoms with Crippen molar-refractivity contribution in [1.82, 2.24) is 0 Å². The van der Waals surface area contributed by atoms with E-state index in [1.807, 2.05) is 0 Å². The van der Waals surface area contributed by atoms with Gasteiger partial charge >= 0.3 is 0 Å². The van der Waals surface area contributed by atoms with Crippen molar-refractivity contribution in [2.75, 3.05) is 0 Å². The van der Waals surface area contributed by atoms with Crippen LogP contribution in [-0.2, 0) is 10.8 Å². The number of benzene rings is 2. The van der Waals surface area contributed by atoms with E-state index < -0.39 is 0 Å². The predicted octanol–water partition coefficient (Wildman–Crippen LogP) is 10.6. The third-order valence-corrected chi connectivity index (χ3v) is 18.2. The maximum atomic E-state index is 6.04. The molecule has 12 saturated carbocycles. The Morgan fingerprint density at radius 2 is 0.620 bits per heavy atom. The first-order valence-electron chi connectivity index (χ1n) is 20.3. The molecule has 12 aliphatic carbocycles. The van der Waals surface area contributed by atoms with Crippen molar-refractivity contribution in [2.45, 2.75) is 126 Å². The van der Waals surface area contributed by atoms with Gasteiger partial charge in [-0.3, -0.25) is 0 Å². The molecule has 0 saturated heterocycles. The highest BCUT2D eigenvalue weighted by Gasteiger charge is 2.74. The molecule has 252 valence electrons. The van der Waals surface area contributed by atoms with E-state index in [4.69, 9.17) is 25.7 Å². The van der Waals surface area contributed by atoms with Gasteiger partial charge in [-0.2, -0.15) is 0 Å². The predicted molar refractivity (Wildman–Crippen MR) is 202 cm³/mol. The molecule has 50 heavy (non-hydrogen) atoms. The molecule has 12 aliphatic rings. The molecule has 0 spiro atoms. The lowest BCUT2D eigenvalue weighted by molar-refractivity contribution is -0.272. The number of terminal acetylenes is 4. The second-order valence-electron chi connectivity index (χ2n) is 20.7. The third-order valence-electron chi connectivity index (χ3n) is 18.2. The molecule has 0 heteroatoms. The quantitative estimate of drug-likeness (QED) is 0.288. The van der Waals surface area contributed by atoms with E-state index in [0.29, 0.717) is 21.7 Å². The second kappa shape index (κ2) is 9.76. The van der Waals surface area contributed by atoms with Gasteiger partial charge in [0, 0.05) is 22.3 Å². The summed E-state index contributed by atoms with van der Waals surface area (Å²) in [6.45, 7) is 0. The van der Waals surface area contributed by atoms with Crippen LogP contribution in [0.2, 0.25) is 0 Å². The van der Waals surface area contributed by atoms with Crippen molar-refractivity contribution in [1.29, 1.82) is 0 Å². The van der Waals surface area contributed by atoms with Gasteiger partial charge in [-0.15, -0.1) is 25.7 Å². The van der Waals surface area contributed by atoms with Gasteiger partial charge in [0.25, 0.3) is 0 Å². The Hall–Kier alpha value is -3.32. The molecule has 0 N–H and O–H groups in total. The minimum atomic E-state index is 0.251. The van der Waals surface area contributed by atoms with Gasteiger partial charge in [-0.25, -0.2) is 0 Å². The second-order valence-corrected chi connectivity index (χ2v) is 20.7. The average molecular weight is 653 g/mol. The molecule has 0 radical (unpaired) electrons. The maximum absolute atomic E-state index is 6.04. The Kier molecular flexibility index (Phi) is 5.92. The summed E-state index contributed by atoms with van der Waals surface area (Å²) in [5, 5.41) is 0. The van der Waals surface area contributed by atoms with Crippen LogP contribution in [0.4, 0.5) is 0 Å². The van der Waals surface area contributed by atoms with Gasteiger partial charge in [0.05, 0.1) is 0 Å². The van der Waals surface area contributed by atoms with E-state index in [9.17, 15) is 0 Å². The molecule has 12 bridgehead atoms. The Labute approximate surface area is 301 Å². The van der Waals surface area contributed by atoms with Crippen LogP contribution < -0.4 is 0 Å². The zero-order valence-corrected chi connectivity index (χ0v) is 30.0. The summed E-state index contributed by atoms with van der Waals surface area (Å²) in [6.07, 6.45) is 50.3. The van der Waals surface area contributed by atoms with Gasteiger partial charge in [0.1, 0.15) is 0 Å². The average Bonchev–Trinajstić information content (AvgIpc) is 3.09. The number of hydrogen-bond acceptors (Lipinski definition) is 0. The summed E-state index contributed by atoms with van der Waals surface area (Å²) in [4.78, 5) is 0. The summed E-state index contributed by atoms with van der Waals surface area (Å²) < 4.78 is 0. The molecular formula is C50H52. The first-order chi connectivity index (χ1) is 24.2. The Morgan fingerprint density at radius 1 is 0.360 bits per heavy atom. The van der Waals surface area contributed by atoms with E-state index in [1.54, 1.807) is 0 Å². The lowest BCUT2D eigenvalue weighted by Crippen LogP contribution is -2.69. The summed E-state index contributed by atoms with van der Waals surface area (Å²) in [6, 6.07) is 13.6. The van der Waals surface area contributed by atoms with Gasteiger partial charge in [-0.1, -0.05) is 23.7 Å². The van der Waals surface area contributed by atoms with E-state index in [-0.39, 0.29) is 10.8 Å². The van der Waals surface area contributed by atoms with E-state index in [2.05, 4.69) is 60.1 Å². The minimum Gasteiger partial charge on any atom is -0.115 e. The van der Waals surface area contributed by atoms with Crippen LogP contribution in [0.3, 0.4) is 0 Å². The first kappa shape index (κ1) is 30.3. The molecule has 2 aromatic rings. The van der Waals surface area contributed by atoms with Crippen LogP contribution in [0.5, 0.6) is 0 Å². The van der Waals surface area contributed by atoms with Gasteiger partial charge in [0.15, 0.2) is 0 Å². The van der Waals surface area contributed by atoms with E-state index >= 15 is 0 Å². The summed E-state index contributed by atoms with van der Waals surface area (Å²) in [5.74, 6) is 17.2. The van der Waals surface area contributed by atoms with Crippen molar-refractivity contribution in [3.8, 4) is 49.4 Å². The Bertz CT molecular complexity index is 1760. The van der Waals surface area contributed by atoms with Crippen LogP contribution in [0.25, 0.3) is 0 Å². The van der Waals surface area contributed by atoms with Crippen molar-refractivity contribution < 1.29 is 0 Å². The zero-order valence-electron chi connectivity index (χ0n) is 30.0. The molecule has 4 unspecified atom stereocenters. The molecule has 14 rings (SSSR count). The molecule has 0 amide bonds. The molecule has 0 aliphatic heterocycles. The Morgan fingerprint density at radius 3 is 0.900 bits per heavy atom. The molecule has 0 nitrogen and oxygen atoms in total. The van der Waals surface area contributed by atoms with E-state index in [1.165, 1.54) is 127 Å². The summed E-state index contributed by atoms with van der Waals surface area (Å²) in [5.41, 5.74) is 9.37. The van der Waals surface area contributed by atoms with Crippen LogP contribution in [-0.4, -0.2) is 0 Å². The highest BCUT2D eigenvalue weighted by atomic mass is 14.8. The van der Waals surface area contributed by atoms with Crippen LogP contribution >= 0.6 is 0 Å². The molecule has 4 atom stereocenters. The molecule has 12 fully saturated rings. The number of rotatable bonds is 4. The fraction of sp³-hybridized carbons (Fsp3) is 0.600. The molecular weight excluding hydrogens is 601 g/mol. The monoisotopic (exact) mass is 652 g/mol. The standard InChI is InChI=1S/C50H52/c1-5-33-9-34(6-2)15-43(14-33)45-18-37-11-38(19-45)23-47(22-37,30-45)49-26-41-13-42(27-49)29-50(28-41,32-49)48-24-39-12-40(25-48)21-46(20-39,31-48)44-16-35(7-3)10-36(8-4)17-44/h1-4,9-10,14-17,37-42H,11-13,18-32H2. The largest absolute Gasteiger partial charge is 0.115 e. The number of hydrogen-bond donors (Lipinski definition) is 0. The fourth-order valence-electron chi connectivity index (χ4n) is 18.1. The zero-order chi connectivity index (χ0) is 33.7. The topological polar surface area (TPSA) is 0 Å². The SMILES string of the molecule is C#Cc1cc(C#C)cc(C23CC4CC(C2)CC(C25CC6CC(C2)CC(C27CC8CC(CC(c9cc(C#C)cc(C#C)c9)(C8)C2)C7)(C6)C5)(C4)C3)c1. The lowest BCUT2D eigenvalue weighted by atomic mass is 9.26. The first-order valence-corrected chi connectivity index (χ1v) is 20.3. The van der Waals surface area contributed by atoms with Crippen molar-refractivity contribution in [2.24, 2.45) is 57.2 Å². The van der Waals surface area contributed by atoms with E-state index in [0.717, 1.165) is 57.8 Å². The highest BCUT2D eigenvalue weighted by molar-refractivity contribution is 5.50. The van der Waals surface area contributed by atoms with Gasteiger partial charge in [0.2, 0.25) is 0 Å². The van der Waals surface area contributed by atoms with Gasteiger partial charge in [-0.05, 0) is 231 Å². The lowest BCUT2D eigenvalue weighted by Gasteiger charge is -2.78. The van der Waals surface area contributed by atoms with Crippen molar-refractivity contribution in [3.63, 3.8) is 0 Å². The Balaban J connectivity index is 1.01. The van der Waals surface area contributed by atoms with Crippen LogP contribution in [0, 0.1) is 107 Å². The van der Waals surface area contributed by atoms with Crippen molar-refractivity contribution >= 4 is 0 Å². The minimum absolute atomic E-state index is 0.251. The molecule has 0 aromatic heterocycles. The fourth-order valence-corrected chi connectivity index (χ4v) is 18.1. The summed E-state index contributed by atoms with van der Waals surface area (Å²) >= 11 is 0. The van der Waals surface area contributed by atoms with Gasteiger partial charge < -0.3 is 0 Å². The third kappa shape index (κ3) is 3.86. The van der Waals surface area contributed by atoms with Crippen LogP contribution in [0.1, 0.15) is 149 Å². The normalized spacial score (nSPS) is 48.2. The molecule has 0 heterocycles. The maximum Gasteiger partial charge on any atom is 0.0257 e. The van der Waals surface area contributed by atoms with Crippen LogP contribution in [0.15, 0.2) is 36.4 Å². The highest BCUT2D eigenvalue weighted by Crippen LogP contribution is 2.83. The smallest absolute Gasteiger partial charge is 0.0257 e.